The Morgan fingerprint density at radius 1 is 1.32 bits per heavy atom. The summed E-state index contributed by atoms with van der Waals surface area (Å²) < 4.78 is 5.63. The van der Waals surface area contributed by atoms with Crippen molar-refractivity contribution in [1.29, 1.82) is 0 Å². The van der Waals surface area contributed by atoms with Crippen LogP contribution in [-0.2, 0) is 13.0 Å². The predicted molar refractivity (Wildman–Crippen MR) is 74.9 cm³/mol. The van der Waals surface area contributed by atoms with Gasteiger partial charge in [0.1, 0.15) is 0 Å². The van der Waals surface area contributed by atoms with Crippen LogP contribution < -0.4 is 5.32 Å². The lowest BCUT2D eigenvalue weighted by atomic mass is 10.0. The van der Waals surface area contributed by atoms with E-state index in [1.165, 1.54) is 19.3 Å². The summed E-state index contributed by atoms with van der Waals surface area (Å²) in [6, 6.07) is 1.13. The van der Waals surface area contributed by atoms with E-state index in [1.807, 2.05) is 6.92 Å². The lowest BCUT2D eigenvalue weighted by Crippen LogP contribution is -2.46. The van der Waals surface area contributed by atoms with Crippen molar-refractivity contribution in [2.45, 2.75) is 65.1 Å². The van der Waals surface area contributed by atoms with Crippen molar-refractivity contribution in [1.82, 2.24) is 20.4 Å². The molecular formula is C14H26N4O. The fourth-order valence-electron chi connectivity index (χ4n) is 2.54. The van der Waals surface area contributed by atoms with Gasteiger partial charge in [-0.15, -0.1) is 10.2 Å². The standard InChI is InChI=1S/C14H26N4O/c1-4-13-16-17-14(19-13)10-18-8-6-5-7-12(18)9-15-11(2)3/h11-12,15H,4-10H2,1-3H3. The minimum atomic E-state index is 0.541. The van der Waals surface area contributed by atoms with Gasteiger partial charge in [-0.25, -0.2) is 0 Å². The minimum Gasteiger partial charge on any atom is -0.424 e. The Kier molecular flexibility index (Phi) is 5.34. The van der Waals surface area contributed by atoms with Crippen LogP contribution in [0.1, 0.15) is 51.8 Å². The smallest absolute Gasteiger partial charge is 0.230 e. The van der Waals surface area contributed by atoms with Gasteiger partial charge in [0.05, 0.1) is 6.54 Å². The molecule has 2 rings (SSSR count). The Hall–Kier alpha value is -0.940. The lowest BCUT2D eigenvalue weighted by Gasteiger charge is -2.35. The second-order valence-corrected chi connectivity index (χ2v) is 5.63. The van der Waals surface area contributed by atoms with Crippen LogP contribution in [-0.4, -0.2) is 40.3 Å². The average molecular weight is 266 g/mol. The SMILES string of the molecule is CCc1nnc(CN2CCCCC2CNC(C)C)o1. The zero-order chi connectivity index (χ0) is 13.7. The third-order valence-electron chi connectivity index (χ3n) is 3.66. The molecule has 5 heteroatoms. The maximum atomic E-state index is 5.63. The molecule has 19 heavy (non-hydrogen) atoms. The van der Waals surface area contributed by atoms with Crippen LogP contribution >= 0.6 is 0 Å². The summed E-state index contributed by atoms with van der Waals surface area (Å²) in [7, 11) is 0. The normalized spacial score (nSPS) is 21.2. The summed E-state index contributed by atoms with van der Waals surface area (Å²) in [6.07, 6.45) is 4.66. The van der Waals surface area contributed by atoms with Crippen molar-refractivity contribution in [3.05, 3.63) is 11.8 Å². The van der Waals surface area contributed by atoms with Crippen molar-refractivity contribution in [3.63, 3.8) is 0 Å². The maximum absolute atomic E-state index is 5.63. The quantitative estimate of drug-likeness (QED) is 0.853. The first-order valence-electron chi connectivity index (χ1n) is 7.47. The number of piperidine rings is 1. The van der Waals surface area contributed by atoms with Gasteiger partial charge < -0.3 is 9.73 Å². The monoisotopic (exact) mass is 266 g/mol. The van der Waals surface area contributed by atoms with Crippen molar-refractivity contribution in [3.8, 4) is 0 Å². The average Bonchev–Trinajstić information content (AvgIpc) is 2.85. The molecule has 1 N–H and O–H groups in total. The Morgan fingerprint density at radius 3 is 2.79 bits per heavy atom. The van der Waals surface area contributed by atoms with Crippen molar-refractivity contribution < 1.29 is 4.42 Å². The van der Waals surface area contributed by atoms with Gasteiger partial charge >= 0.3 is 0 Å². The number of nitrogens with zero attached hydrogens (tertiary/aromatic N) is 3. The van der Waals surface area contributed by atoms with Crippen LogP contribution in [0.3, 0.4) is 0 Å². The fraction of sp³-hybridized carbons (Fsp3) is 0.857. The number of hydrogen-bond acceptors (Lipinski definition) is 5. The van der Waals surface area contributed by atoms with Crippen molar-refractivity contribution in [2.24, 2.45) is 0 Å². The molecule has 0 saturated carbocycles. The highest BCUT2D eigenvalue weighted by molar-refractivity contribution is 4.86. The first-order chi connectivity index (χ1) is 9.19. The van der Waals surface area contributed by atoms with Crippen LogP contribution in [0.4, 0.5) is 0 Å². The van der Waals surface area contributed by atoms with E-state index in [0.29, 0.717) is 12.1 Å². The first kappa shape index (κ1) is 14.5. The Morgan fingerprint density at radius 2 is 2.11 bits per heavy atom. The molecule has 1 atom stereocenters. The molecular weight excluding hydrogens is 240 g/mol. The summed E-state index contributed by atoms with van der Waals surface area (Å²) in [6.45, 7) is 9.39. The maximum Gasteiger partial charge on any atom is 0.230 e. The summed E-state index contributed by atoms with van der Waals surface area (Å²) in [5.74, 6) is 1.50. The zero-order valence-electron chi connectivity index (χ0n) is 12.4. The zero-order valence-corrected chi connectivity index (χ0v) is 12.4. The molecule has 1 unspecified atom stereocenters. The summed E-state index contributed by atoms with van der Waals surface area (Å²) >= 11 is 0. The van der Waals surface area contributed by atoms with E-state index < -0.39 is 0 Å². The lowest BCUT2D eigenvalue weighted by molar-refractivity contribution is 0.123. The molecule has 1 aliphatic heterocycles. The third kappa shape index (κ3) is 4.28. The molecule has 108 valence electrons. The number of nitrogens with one attached hydrogen (secondary N) is 1. The fourth-order valence-corrected chi connectivity index (χ4v) is 2.54. The summed E-state index contributed by atoms with van der Waals surface area (Å²) in [4.78, 5) is 2.48. The number of hydrogen-bond donors (Lipinski definition) is 1. The van der Waals surface area contributed by atoms with Crippen LogP contribution in [0.2, 0.25) is 0 Å². The van der Waals surface area contributed by atoms with E-state index in [-0.39, 0.29) is 0 Å². The molecule has 1 fully saturated rings. The number of likely N-dealkylation sites (tertiary alicyclic amines) is 1. The number of aromatic nitrogens is 2. The van der Waals surface area contributed by atoms with Crippen molar-refractivity contribution >= 4 is 0 Å². The molecule has 0 spiro atoms. The van der Waals surface area contributed by atoms with Gasteiger partial charge in [0.25, 0.3) is 0 Å². The molecule has 1 saturated heterocycles. The van der Waals surface area contributed by atoms with Crippen LogP contribution in [0.5, 0.6) is 0 Å². The molecule has 0 amide bonds. The van der Waals surface area contributed by atoms with Gasteiger partial charge in [-0.1, -0.05) is 27.2 Å². The van der Waals surface area contributed by atoms with Crippen molar-refractivity contribution in [2.75, 3.05) is 13.1 Å². The second-order valence-electron chi connectivity index (χ2n) is 5.63. The van der Waals surface area contributed by atoms with Gasteiger partial charge in [0, 0.05) is 25.0 Å². The second kappa shape index (κ2) is 7.01. The Bertz CT molecular complexity index is 377. The van der Waals surface area contributed by atoms with E-state index in [2.05, 4.69) is 34.3 Å². The summed E-state index contributed by atoms with van der Waals surface area (Å²) in [5.41, 5.74) is 0. The molecule has 2 heterocycles. The Labute approximate surface area is 115 Å². The molecule has 1 aliphatic rings. The van der Waals surface area contributed by atoms with Gasteiger partial charge in [0.15, 0.2) is 0 Å². The minimum absolute atomic E-state index is 0.541. The third-order valence-corrected chi connectivity index (χ3v) is 3.66. The molecule has 0 radical (unpaired) electrons. The Balaban J connectivity index is 1.91. The largest absolute Gasteiger partial charge is 0.424 e. The molecule has 0 bridgehead atoms. The van der Waals surface area contributed by atoms with Gasteiger partial charge in [-0.2, -0.15) is 0 Å². The van der Waals surface area contributed by atoms with E-state index >= 15 is 0 Å². The van der Waals surface area contributed by atoms with E-state index in [9.17, 15) is 0 Å². The number of rotatable bonds is 6. The highest BCUT2D eigenvalue weighted by Gasteiger charge is 2.24. The van der Waals surface area contributed by atoms with E-state index in [4.69, 9.17) is 4.42 Å². The van der Waals surface area contributed by atoms with E-state index in [1.54, 1.807) is 0 Å². The molecule has 5 nitrogen and oxygen atoms in total. The van der Waals surface area contributed by atoms with Gasteiger partial charge in [-0.3, -0.25) is 4.90 Å². The number of aryl methyl sites for hydroxylation is 1. The van der Waals surface area contributed by atoms with Crippen LogP contribution in [0.25, 0.3) is 0 Å². The molecule has 0 aromatic carbocycles. The van der Waals surface area contributed by atoms with Gasteiger partial charge in [0.2, 0.25) is 11.8 Å². The highest BCUT2D eigenvalue weighted by Crippen LogP contribution is 2.19. The first-order valence-corrected chi connectivity index (χ1v) is 7.47. The van der Waals surface area contributed by atoms with Gasteiger partial charge in [-0.05, 0) is 19.4 Å². The molecule has 1 aromatic heterocycles. The predicted octanol–water partition coefficient (Wildman–Crippen LogP) is 1.98. The molecule has 1 aromatic rings. The summed E-state index contributed by atoms with van der Waals surface area (Å²) in [5, 5.41) is 11.7. The highest BCUT2D eigenvalue weighted by atomic mass is 16.4. The topological polar surface area (TPSA) is 54.2 Å². The van der Waals surface area contributed by atoms with E-state index in [0.717, 1.165) is 37.8 Å². The van der Waals surface area contributed by atoms with Crippen LogP contribution in [0, 0.1) is 0 Å². The molecule has 0 aliphatic carbocycles. The van der Waals surface area contributed by atoms with Crippen LogP contribution in [0.15, 0.2) is 4.42 Å².